The molecule has 1 heterocycles. The molecule has 0 saturated heterocycles. The summed E-state index contributed by atoms with van der Waals surface area (Å²) in [7, 11) is 0. The highest BCUT2D eigenvalue weighted by molar-refractivity contribution is 9.10. The first-order valence-electron chi connectivity index (χ1n) is 6.07. The summed E-state index contributed by atoms with van der Waals surface area (Å²) in [6, 6.07) is 7.77. The van der Waals surface area contributed by atoms with Gasteiger partial charge in [-0.2, -0.15) is 0 Å². The predicted molar refractivity (Wildman–Crippen MR) is 78.1 cm³/mol. The average molecular weight is 322 g/mol. The number of aliphatic hydroxyl groups excluding tert-OH is 1. The molecule has 0 amide bonds. The summed E-state index contributed by atoms with van der Waals surface area (Å²) >= 11 is 3.38. The van der Waals surface area contributed by atoms with Crippen LogP contribution in [-0.4, -0.2) is 10.1 Å². The molecule has 0 unspecified atom stereocenters. The minimum Gasteiger partial charge on any atom is -0.488 e. The van der Waals surface area contributed by atoms with Gasteiger partial charge in [0.2, 0.25) is 0 Å². The Morgan fingerprint density at radius 2 is 2.11 bits per heavy atom. The van der Waals surface area contributed by atoms with Crippen molar-refractivity contribution >= 4 is 15.9 Å². The first kappa shape index (κ1) is 14.0. The lowest BCUT2D eigenvalue weighted by Crippen LogP contribution is -2.01. The van der Waals surface area contributed by atoms with E-state index in [0.29, 0.717) is 12.4 Å². The summed E-state index contributed by atoms with van der Waals surface area (Å²) in [6.45, 7) is 4.16. The van der Waals surface area contributed by atoms with E-state index < -0.39 is 6.10 Å². The molecule has 2 rings (SSSR count). The Morgan fingerprint density at radius 1 is 1.32 bits per heavy atom. The number of aliphatic hydroxyl groups is 1. The van der Waals surface area contributed by atoms with Crippen molar-refractivity contribution in [3.8, 4) is 5.75 Å². The topological polar surface area (TPSA) is 42.4 Å². The van der Waals surface area contributed by atoms with Crippen molar-refractivity contribution in [2.24, 2.45) is 0 Å². The van der Waals surface area contributed by atoms with Gasteiger partial charge in [-0.25, -0.2) is 0 Å². The maximum Gasteiger partial charge on any atom is 0.125 e. The molecule has 0 aliphatic carbocycles. The summed E-state index contributed by atoms with van der Waals surface area (Å²) in [6.07, 6.45) is 2.95. The van der Waals surface area contributed by atoms with Gasteiger partial charge in [-0.1, -0.05) is 11.6 Å². The van der Waals surface area contributed by atoms with Crippen LogP contribution in [0.2, 0.25) is 0 Å². The molecule has 1 aromatic heterocycles. The van der Waals surface area contributed by atoms with E-state index in [1.807, 2.05) is 31.2 Å². The third kappa shape index (κ3) is 3.78. The van der Waals surface area contributed by atoms with Crippen molar-refractivity contribution in [1.29, 1.82) is 0 Å². The number of hydrogen-bond donors (Lipinski definition) is 1. The molecule has 0 aliphatic rings. The van der Waals surface area contributed by atoms with Crippen LogP contribution in [0, 0.1) is 6.92 Å². The van der Waals surface area contributed by atoms with Crippen molar-refractivity contribution in [3.05, 3.63) is 57.8 Å². The highest BCUT2D eigenvalue weighted by Crippen LogP contribution is 2.27. The maximum absolute atomic E-state index is 9.77. The first-order chi connectivity index (χ1) is 9.06. The Balaban J connectivity index is 2.15. The zero-order valence-electron chi connectivity index (χ0n) is 10.9. The van der Waals surface area contributed by atoms with Crippen LogP contribution in [0.4, 0.5) is 0 Å². The highest BCUT2D eigenvalue weighted by atomic mass is 79.9. The van der Waals surface area contributed by atoms with Gasteiger partial charge in [0.15, 0.2) is 0 Å². The number of rotatable bonds is 4. The third-order valence-electron chi connectivity index (χ3n) is 2.77. The van der Waals surface area contributed by atoms with E-state index in [2.05, 4.69) is 20.9 Å². The van der Waals surface area contributed by atoms with E-state index in [0.717, 1.165) is 21.2 Å². The van der Waals surface area contributed by atoms with Gasteiger partial charge in [0.05, 0.1) is 6.10 Å². The van der Waals surface area contributed by atoms with Crippen LogP contribution in [0.1, 0.15) is 29.7 Å². The molecule has 2 aromatic rings. The van der Waals surface area contributed by atoms with Gasteiger partial charge in [-0.3, -0.25) is 4.98 Å². The van der Waals surface area contributed by atoms with Crippen molar-refractivity contribution in [3.63, 3.8) is 0 Å². The van der Waals surface area contributed by atoms with Gasteiger partial charge >= 0.3 is 0 Å². The fourth-order valence-corrected chi connectivity index (χ4v) is 2.23. The van der Waals surface area contributed by atoms with Gasteiger partial charge in [0.1, 0.15) is 12.4 Å². The Labute approximate surface area is 121 Å². The second-order valence-electron chi connectivity index (χ2n) is 4.52. The van der Waals surface area contributed by atoms with Crippen molar-refractivity contribution in [2.45, 2.75) is 26.6 Å². The number of halogens is 1. The van der Waals surface area contributed by atoms with Crippen LogP contribution in [0.5, 0.6) is 5.75 Å². The fraction of sp³-hybridized carbons (Fsp3) is 0.267. The van der Waals surface area contributed by atoms with E-state index in [1.165, 1.54) is 0 Å². The van der Waals surface area contributed by atoms with Gasteiger partial charge in [-0.05, 0) is 48.0 Å². The molecular weight excluding hydrogens is 306 g/mol. The third-order valence-corrected chi connectivity index (χ3v) is 3.20. The summed E-state index contributed by atoms with van der Waals surface area (Å²) in [5.74, 6) is 0.709. The SMILES string of the molecule is Cc1ccc(OCc2cncc(Br)c2)c([C@H](C)O)c1. The number of hydrogen-bond acceptors (Lipinski definition) is 3. The molecule has 4 heteroatoms. The molecule has 1 N–H and O–H groups in total. The summed E-state index contributed by atoms with van der Waals surface area (Å²) in [5, 5.41) is 9.77. The van der Waals surface area contributed by atoms with E-state index in [1.54, 1.807) is 19.3 Å². The lowest BCUT2D eigenvalue weighted by molar-refractivity contribution is 0.190. The van der Waals surface area contributed by atoms with Crippen LogP contribution >= 0.6 is 15.9 Å². The maximum atomic E-state index is 9.77. The van der Waals surface area contributed by atoms with Gasteiger partial charge in [0.25, 0.3) is 0 Å². The van der Waals surface area contributed by atoms with Crippen molar-refractivity contribution in [2.75, 3.05) is 0 Å². The second kappa shape index (κ2) is 6.17. The lowest BCUT2D eigenvalue weighted by atomic mass is 10.1. The molecule has 0 spiro atoms. The summed E-state index contributed by atoms with van der Waals surface area (Å²) in [4.78, 5) is 4.09. The van der Waals surface area contributed by atoms with Gasteiger partial charge < -0.3 is 9.84 Å². The molecular formula is C15H16BrNO2. The molecule has 100 valence electrons. The van der Waals surface area contributed by atoms with E-state index in [4.69, 9.17) is 4.74 Å². The number of pyridine rings is 1. The smallest absolute Gasteiger partial charge is 0.125 e. The molecule has 0 fully saturated rings. The molecule has 1 atom stereocenters. The fourth-order valence-electron chi connectivity index (χ4n) is 1.82. The van der Waals surface area contributed by atoms with E-state index in [-0.39, 0.29) is 0 Å². The molecule has 0 radical (unpaired) electrons. The first-order valence-corrected chi connectivity index (χ1v) is 6.86. The molecule has 0 aliphatic heterocycles. The zero-order chi connectivity index (χ0) is 13.8. The Kier molecular flexibility index (Phi) is 4.56. The summed E-state index contributed by atoms with van der Waals surface area (Å²) < 4.78 is 6.70. The molecule has 1 aromatic carbocycles. The number of nitrogens with zero attached hydrogens (tertiary/aromatic N) is 1. The largest absolute Gasteiger partial charge is 0.488 e. The molecule has 3 nitrogen and oxygen atoms in total. The number of aromatic nitrogens is 1. The normalized spacial score (nSPS) is 12.2. The van der Waals surface area contributed by atoms with Crippen LogP contribution in [0.3, 0.4) is 0 Å². The molecule has 19 heavy (non-hydrogen) atoms. The Hall–Kier alpha value is -1.39. The van der Waals surface area contributed by atoms with E-state index in [9.17, 15) is 5.11 Å². The highest BCUT2D eigenvalue weighted by Gasteiger charge is 2.09. The lowest BCUT2D eigenvalue weighted by Gasteiger charge is -2.14. The minimum absolute atomic E-state index is 0.426. The number of ether oxygens (including phenoxy) is 1. The Morgan fingerprint density at radius 3 is 2.79 bits per heavy atom. The Bertz CT molecular complexity index is 570. The zero-order valence-corrected chi connectivity index (χ0v) is 12.5. The minimum atomic E-state index is -0.546. The molecule has 0 saturated carbocycles. The second-order valence-corrected chi connectivity index (χ2v) is 5.43. The number of benzene rings is 1. The quantitative estimate of drug-likeness (QED) is 0.931. The standard InChI is InChI=1S/C15H16BrNO2/c1-10-3-4-15(14(5-10)11(2)18)19-9-12-6-13(16)8-17-7-12/h3-8,11,18H,9H2,1-2H3/t11-/m0/s1. The van der Waals surface area contributed by atoms with E-state index >= 15 is 0 Å². The van der Waals surface area contributed by atoms with Crippen molar-refractivity contribution < 1.29 is 9.84 Å². The average Bonchev–Trinajstić information content (AvgIpc) is 2.37. The van der Waals surface area contributed by atoms with Gasteiger partial charge in [-0.15, -0.1) is 0 Å². The van der Waals surface area contributed by atoms with Crippen LogP contribution in [-0.2, 0) is 6.61 Å². The van der Waals surface area contributed by atoms with Crippen LogP contribution in [0.25, 0.3) is 0 Å². The monoisotopic (exact) mass is 321 g/mol. The predicted octanol–water partition coefficient (Wildman–Crippen LogP) is 3.78. The van der Waals surface area contributed by atoms with Crippen LogP contribution in [0.15, 0.2) is 41.1 Å². The van der Waals surface area contributed by atoms with Crippen LogP contribution < -0.4 is 4.74 Å². The summed E-state index contributed by atoms with van der Waals surface area (Å²) in [5.41, 5.74) is 2.89. The number of aryl methyl sites for hydroxylation is 1. The molecule has 0 bridgehead atoms. The van der Waals surface area contributed by atoms with Gasteiger partial charge in [0, 0.05) is 28.0 Å². The van der Waals surface area contributed by atoms with Crippen molar-refractivity contribution in [1.82, 2.24) is 4.98 Å².